The van der Waals surface area contributed by atoms with Gasteiger partial charge in [0.15, 0.2) is 5.76 Å². The van der Waals surface area contributed by atoms with Gasteiger partial charge in [-0.3, -0.25) is 4.79 Å². The standard InChI is InChI=1S/C9H11NO4S/c1-5-2-3-14-7(5)8(11)10-6(4-15)9(12)13/h2-3,6,15H,4H2,1H3,(H,10,11)(H,12,13). The van der Waals surface area contributed by atoms with Gasteiger partial charge >= 0.3 is 5.97 Å². The van der Waals surface area contributed by atoms with E-state index in [2.05, 4.69) is 17.9 Å². The fourth-order valence-corrected chi connectivity index (χ4v) is 1.26. The van der Waals surface area contributed by atoms with Gasteiger partial charge in [-0.1, -0.05) is 0 Å². The van der Waals surface area contributed by atoms with Crippen molar-refractivity contribution in [2.45, 2.75) is 13.0 Å². The molecule has 0 aliphatic rings. The molecule has 1 unspecified atom stereocenters. The van der Waals surface area contributed by atoms with Crippen LogP contribution in [-0.4, -0.2) is 28.8 Å². The summed E-state index contributed by atoms with van der Waals surface area (Å²) in [6, 6.07) is 0.621. The number of carbonyl (C=O) groups is 2. The first-order valence-corrected chi connectivity index (χ1v) is 4.88. The highest BCUT2D eigenvalue weighted by atomic mass is 32.1. The molecule has 0 spiro atoms. The third-order valence-corrected chi connectivity index (χ3v) is 2.22. The second-order valence-corrected chi connectivity index (χ2v) is 3.34. The maximum Gasteiger partial charge on any atom is 0.327 e. The van der Waals surface area contributed by atoms with Crippen molar-refractivity contribution in [1.82, 2.24) is 5.32 Å². The molecular weight excluding hydrogens is 218 g/mol. The van der Waals surface area contributed by atoms with Crippen LogP contribution in [0.4, 0.5) is 0 Å². The van der Waals surface area contributed by atoms with Crippen LogP contribution < -0.4 is 5.32 Å². The van der Waals surface area contributed by atoms with Gasteiger partial charge in [0.05, 0.1) is 6.26 Å². The number of rotatable bonds is 4. The van der Waals surface area contributed by atoms with Gasteiger partial charge < -0.3 is 14.8 Å². The summed E-state index contributed by atoms with van der Waals surface area (Å²) >= 11 is 3.83. The highest BCUT2D eigenvalue weighted by Crippen LogP contribution is 2.08. The van der Waals surface area contributed by atoms with E-state index in [1.807, 2.05) is 0 Å². The van der Waals surface area contributed by atoms with Crippen LogP contribution in [0.3, 0.4) is 0 Å². The molecule has 0 aliphatic heterocycles. The second-order valence-electron chi connectivity index (χ2n) is 2.98. The first-order chi connectivity index (χ1) is 7.06. The topological polar surface area (TPSA) is 79.5 Å². The van der Waals surface area contributed by atoms with Gasteiger partial charge in [-0.25, -0.2) is 4.79 Å². The minimum Gasteiger partial charge on any atom is -0.480 e. The predicted molar refractivity (Wildman–Crippen MR) is 56.2 cm³/mol. The van der Waals surface area contributed by atoms with E-state index in [9.17, 15) is 9.59 Å². The molecule has 0 aromatic carbocycles. The molecule has 0 bridgehead atoms. The van der Waals surface area contributed by atoms with E-state index >= 15 is 0 Å². The van der Waals surface area contributed by atoms with Crippen molar-refractivity contribution in [3.63, 3.8) is 0 Å². The molecule has 0 fully saturated rings. The molecule has 1 amide bonds. The van der Waals surface area contributed by atoms with Crippen molar-refractivity contribution in [2.24, 2.45) is 0 Å². The molecule has 1 atom stereocenters. The van der Waals surface area contributed by atoms with E-state index in [0.29, 0.717) is 5.56 Å². The highest BCUT2D eigenvalue weighted by molar-refractivity contribution is 7.80. The number of furan rings is 1. The number of aliphatic carboxylic acids is 1. The van der Waals surface area contributed by atoms with Crippen LogP contribution >= 0.6 is 12.6 Å². The Kier molecular flexibility index (Phi) is 3.79. The van der Waals surface area contributed by atoms with Crippen molar-refractivity contribution in [1.29, 1.82) is 0 Å². The summed E-state index contributed by atoms with van der Waals surface area (Å²) in [7, 11) is 0. The molecule has 6 heteroatoms. The van der Waals surface area contributed by atoms with E-state index in [1.165, 1.54) is 6.26 Å². The average Bonchev–Trinajstić information content (AvgIpc) is 2.60. The number of nitrogens with one attached hydrogen (secondary N) is 1. The molecule has 0 aliphatic carbocycles. The number of aryl methyl sites for hydroxylation is 1. The summed E-state index contributed by atoms with van der Waals surface area (Å²) in [5.41, 5.74) is 0.663. The molecule has 1 rings (SSSR count). The van der Waals surface area contributed by atoms with E-state index in [4.69, 9.17) is 9.52 Å². The first-order valence-electron chi connectivity index (χ1n) is 4.25. The highest BCUT2D eigenvalue weighted by Gasteiger charge is 2.21. The van der Waals surface area contributed by atoms with Gasteiger partial charge in [0, 0.05) is 11.3 Å². The molecule has 5 nitrogen and oxygen atoms in total. The van der Waals surface area contributed by atoms with Gasteiger partial charge in [-0.15, -0.1) is 0 Å². The molecule has 1 aromatic rings. The summed E-state index contributed by atoms with van der Waals surface area (Å²) in [6.07, 6.45) is 1.38. The Morgan fingerprint density at radius 3 is 2.73 bits per heavy atom. The Hall–Kier alpha value is -1.43. The van der Waals surface area contributed by atoms with Crippen LogP contribution in [0.25, 0.3) is 0 Å². The quantitative estimate of drug-likeness (QED) is 0.664. The largest absolute Gasteiger partial charge is 0.480 e. The Balaban J connectivity index is 2.71. The summed E-state index contributed by atoms with van der Waals surface area (Å²) in [4.78, 5) is 22.1. The molecule has 1 aromatic heterocycles. The first kappa shape index (κ1) is 11.6. The fraction of sp³-hybridized carbons (Fsp3) is 0.333. The van der Waals surface area contributed by atoms with Gasteiger partial charge in [-0.2, -0.15) is 12.6 Å². The summed E-state index contributed by atoms with van der Waals surface area (Å²) in [5.74, 6) is -1.51. The summed E-state index contributed by atoms with van der Waals surface area (Å²) in [5, 5.41) is 11.0. The lowest BCUT2D eigenvalue weighted by Gasteiger charge is -2.10. The molecule has 0 radical (unpaired) electrons. The Bertz CT molecular complexity index is 374. The number of carboxylic acid groups (broad SMARTS) is 1. The van der Waals surface area contributed by atoms with Crippen LogP contribution in [-0.2, 0) is 4.79 Å². The molecule has 15 heavy (non-hydrogen) atoms. The maximum absolute atomic E-state index is 11.5. The number of hydrogen-bond donors (Lipinski definition) is 3. The van der Waals surface area contributed by atoms with Crippen molar-refractivity contribution >= 4 is 24.5 Å². The van der Waals surface area contributed by atoms with E-state index < -0.39 is 17.9 Å². The SMILES string of the molecule is Cc1ccoc1C(=O)NC(CS)C(=O)O. The Labute approximate surface area is 91.9 Å². The van der Waals surface area contributed by atoms with Crippen LogP contribution in [0.2, 0.25) is 0 Å². The average molecular weight is 229 g/mol. The van der Waals surface area contributed by atoms with Crippen molar-refractivity contribution in [2.75, 3.05) is 5.75 Å². The summed E-state index contributed by atoms with van der Waals surface area (Å²) < 4.78 is 4.92. The molecule has 82 valence electrons. The zero-order chi connectivity index (χ0) is 11.4. The van der Waals surface area contributed by atoms with Crippen molar-refractivity contribution in [3.05, 3.63) is 23.7 Å². The second kappa shape index (κ2) is 4.88. The lowest BCUT2D eigenvalue weighted by Crippen LogP contribution is -2.42. The molecule has 0 saturated heterocycles. The number of carboxylic acids is 1. The monoisotopic (exact) mass is 229 g/mol. The van der Waals surface area contributed by atoms with E-state index in [-0.39, 0.29) is 11.5 Å². The molecule has 0 saturated carbocycles. The van der Waals surface area contributed by atoms with Crippen molar-refractivity contribution in [3.8, 4) is 0 Å². The smallest absolute Gasteiger partial charge is 0.327 e. The van der Waals surface area contributed by atoms with Gasteiger partial charge in [-0.05, 0) is 13.0 Å². The predicted octanol–water partition coefficient (Wildman–Crippen LogP) is 0.701. The fourth-order valence-electron chi connectivity index (χ4n) is 1.01. The number of amides is 1. The molecule has 2 N–H and O–H groups in total. The third-order valence-electron chi connectivity index (χ3n) is 1.85. The Morgan fingerprint density at radius 2 is 2.33 bits per heavy atom. The van der Waals surface area contributed by atoms with Gasteiger partial charge in [0.25, 0.3) is 5.91 Å². The minimum absolute atomic E-state index is 0.0286. The lowest BCUT2D eigenvalue weighted by atomic mass is 10.2. The van der Waals surface area contributed by atoms with Gasteiger partial charge in [0.2, 0.25) is 0 Å². The zero-order valence-electron chi connectivity index (χ0n) is 8.06. The van der Waals surface area contributed by atoms with Gasteiger partial charge in [0.1, 0.15) is 6.04 Å². The summed E-state index contributed by atoms with van der Waals surface area (Å²) in [6.45, 7) is 1.70. The molecule has 1 heterocycles. The van der Waals surface area contributed by atoms with Crippen LogP contribution in [0.1, 0.15) is 16.1 Å². The zero-order valence-corrected chi connectivity index (χ0v) is 8.95. The van der Waals surface area contributed by atoms with E-state index in [0.717, 1.165) is 0 Å². The molecular formula is C9H11NO4S. The van der Waals surface area contributed by atoms with Crippen LogP contribution in [0.5, 0.6) is 0 Å². The van der Waals surface area contributed by atoms with Crippen LogP contribution in [0, 0.1) is 6.92 Å². The third kappa shape index (κ3) is 2.76. The van der Waals surface area contributed by atoms with Crippen molar-refractivity contribution < 1.29 is 19.1 Å². The Morgan fingerprint density at radius 1 is 1.67 bits per heavy atom. The lowest BCUT2D eigenvalue weighted by molar-refractivity contribution is -0.138. The number of hydrogen-bond acceptors (Lipinski definition) is 4. The van der Waals surface area contributed by atoms with Crippen LogP contribution in [0.15, 0.2) is 16.7 Å². The van der Waals surface area contributed by atoms with E-state index in [1.54, 1.807) is 13.0 Å². The maximum atomic E-state index is 11.5. The normalized spacial score (nSPS) is 12.1. The number of thiol groups is 1. The number of carbonyl (C=O) groups excluding carboxylic acids is 1. The minimum atomic E-state index is -1.12.